The average Bonchev–Trinajstić information content (AvgIpc) is 2.73. The van der Waals surface area contributed by atoms with Crippen LogP contribution in [0.4, 0.5) is 0 Å². The van der Waals surface area contributed by atoms with Crippen LogP contribution in [0.15, 0.2) is 26.3 Å². The maximum Gasteiger partial charge on any atom is 0.268 e. The molecule has 2 rings (SSSR count). The van der Waals surface area contributed by atoms with Gasteiger partial charge in [0.25, 0.3) is 5.56 Å². The zero-order valence-electron chi connectivity index (χ0n) is 9.26. The molecule has 7 heteroatoms. The van der Waals surface area contributed by atoms with E-state index in [1.165, 1.54) is 17.1 Å². The van der Waals surface area contributed by atoms with Crippen molar-refractivity contribution in [1.82, 2.24) is 19.7 Å². The fraction of sp³-hybridized carbons (Fsp3) is 0.400. The van der Waals surface area contributed by atoms with E-state index < -0.39 is 0 Å². The summed E-state index contributed by atoms with van der Waals surface area (Å²) < 4.78 is 6.87. The fourth-order valence-electron chi connectivity index (χ4n) is 1.36. The van der Waals surface area contributed by atoms with Gasteiger partial charge >= 0.3 is 0 Å². The molecule has 0 aliphatic heterocycles. The molecule has 0 fully saturated rings. The van der Waals surface area contributed by atoms with E-state index >= 15 is 0 Å². The Bertz CT molecular complexity index is 563. The Balaban J connectivity index is 2.19. The average molecular weight is 299 g/mol. The molecule has 0 saturated carbocycles. The highest BCUT2D eigenvalue weighted by molar-refractivity contribution is 9.10. The van der Waals surface area contributed by atoms with Gasteiger partial charge in [0.15, 0.2) is 5.82 Å². The minimum absolute atomic E-state index is 0.171. The van der Waals surface area contributed by atoms with Crippen LogP contribution >= 0.6 is 15.9 Å². The van der Waals surface area contributed by atoms with Crippen molar-refractivity contribution in [2.24, 2.45) is 0 Å². The number of hydrogen-bond acceptors (Lipinski definition) is 5. The van der Waals surface area contributed by atoms with E-state index in [2.05, 4.69) is 31.1 Å². The third kappa shape index (κ3) is 2.79. The van der Waals surface area contributed by atoms with Gasteiger partial charge in [0.1, 0.15) is 11.0 Å². The lowest BCUT2D eigenvalue weighted by Crippen LogP contribution is -2.21. The SMILES string of the molecule is CCCc1noc(Cn2cncc(Br)c2=O)n1. The van der Waals surface area contributed by atoms with Crippen molar-refractivity contribution < 1.29 is 4.52 Å². The fourth-order valence-corrected chi connectivity index (χ4v) is 1.71. The highest BCUT2D eigenvalue weighted by Gasteiger charge is 2.08. The van der Waals surface area contributed by atoms with Gasteiger partial charge in [-0.3, -0.25) is 9.36 Å². The molecule has 0 aliphatic carbocycles. The number of hydrogen-bond donors (Lipinski definition) is 0. The number of nitrogens with zero attached hydrogens (tertiary/aromatic N) is 4. The third-order valence-electron chi connectivity index (χ3n) is 2.15. The minimum atomic E-state index is -0.171. The quantitative estimate of drug-likeness (QED) is 0.853. The summed E-state index contributed by atoms with van der Waals surface area (Å²) in [6.45, 7) is 2.28. The number of rotatable bonds is 4. The molecule has 0 N–H and O–H groups in total. The summed E-state index contributed by atoms with van der Waals surface area (Å²) in [5, 5.41) is 3.82. The summed E-state index contributed by atoms with van der Waals surface area (Å²) in [5.41, 5.74) is -0.171. The van der Waals surface area contributed by atoms with Crippen LogP contribution in [0.25, 0.3) is 0 Å². The van der Waals surface area contributed by atoms with Crippen LogP contribution in [0.5, 0.6) is 0 Å². The van der Waals surface area contributed by atoms with Crippen molar-refractivity contribution in [2.45, 2.75) is 26.3 Å². The van der Waals surface area contributed by atoms with Crippen molar-refractivity contribution >= 4 is 15.9 Å². The normalized spacial score (nSPS) is 10.7. The van der Waals surface area contributed by atoms with Crippen molar-refractivity contribution in [3.8, 4) is 0 Å². The van der Waals surface area contributed by atoms with Gasteiger partial charge in [-0.1, -0.05) is 12.1 Å². The van der Waals surface area contributed by atoms with Crippen molar-refractivity contribution in [3.63, 3.8) is 0 Å². The molecule has 17 heavy (non-hydrogen) atoms. The molecule has 6 nitrogen and oxygen atoms in total. The van der Waals surface area contributed by atoms with Gasteiger partial charge in [-0.05, 0) is 22.4 Å². The molecule has 0 amide bonds. The molecule has 0 aliphatic rings. The second-order valence-electron chi connectivity index (χ2n) is 3.53. The zero-order valence-corrected chi connectivity index (χ0v) is 10.8. The van der Waals surface area contributed by atoms with Crippen molar-refractivity contribution in [2.75, 3.05) is 0 Å². The van der Waals surface area contributed by atoms with E-state index in [1.54, 1.807) is 0 Å². The number of halogens is 1. The second kappa shape index (κ2) is 5.22. The first-order chi connectivity index (χ1) is 8.20. The van der Waals surface area contributed by atoms with E-state index in [0.717, 1.165) is 12.8 Å². The molecule has 0 saturated heterocycles. The van der Waals surface area contributed by atoms with Crippen LogP contribution in [0, 0.1) is 0 Å². The summed E-state index contributed by atoms with van der Waals surface area (Å²) in [7, 11) is 0. The van der Waals surface area contributed by atoms with Gasteiger partial charge < -0.3 is 4.52 Å². The third-order valence-corrected chi connectivity index (χ3v) is 2.69. The maximum atomic E-state index is 11.7. The van der Waals surface area contributed by atoms with Gasteiger partial charge in [-0.15, -0.1) is 0 Å². The summed E-state index contributed by atoms with van der Waals surface area (Å²) in [4.78, 5) is 19.8. The molecular formula is C10H11BrN4O2. The Morgan fingerprint density at radius 3 is 3.12 bits per heavy atom. The van der Waals surface area contributed by atoms with Crippen LogP contribution < -0.4 is 5.56 Å². The van der Waals surface area contributed by atoms with Crippen LogP contribution in [0.1, 0.15) is 25.1 Å². The van der Waals surface area contributed by atoms with E-state index in [4.69, 9.17) is 4.52 Å². The minimum Gasteiger partial charge on any atom is -0.337 e. The molecule has 0 aromatic carbocycles. The van der Waals surface area contributed by atoms with Crippen molar-refractivity contribution in [3.05, 3.63) is 39.1 Å². The van der Waals surface area contributed by atoms with Crippen LogP contribution in [-0.4, -0.2) is 19.7 Å². The molecule has 0 atom stereocenters. The molecular weight excluding hydrogens is 288 g/mol. The van der Waals surface area contributed by atoms with Gasteiger partial charge in [-0.25, -0.2) is 4.98 Å². The van der Waals surface area contributed by atoms with Gasteiger partial charge in [-0.2, -0.15) is 4.98 Å². The highest BCUT2D eigenvalue weighted by atomic mass is 79.9. The predicted octanol–water partition coefficient (Wildman–Crippen LogP) is 1.39. The number of aromatic nitrogens is 4. The maximum absolute atomic E-state index is 11.7. The van der Waals surface area contributed by atoms with Crippen LogP contribution in [0.3, 0.4) is 0 Å². The Morgan fingerprint density at radius 2 is 2.35 bits per heavy atom. The van der Waals surface area contributed by atoms with E-state index in [1.807, 2.05) is 6.92 Å². The van der Waals surface area contributed by atoms with Gasteiger partial charge in [0.05, 0.1) is 6.33 Å². The Morgan fingerprint density at radius 1 is 1.53 bits per heavy atom. The van der Waals surface area contributed by atoms with Gasteiger partial charge in [0.2, 0.25) is 5.89 Å². The largest absolute Gasteiger partial charge is 0.337 e. The monoisotopic (exact) mass is 298 g/mol. The molecule has 0 radical (unpaired) electrons. The summed E-state index contributed by atoms with van der Waals surface area (Å²) >= 11 is 3.13. The summed E-state index contributed by atoms with van der Waals surface area (Å²) in [6.07, 6.45) is 4.62. The van der Waals surface area contributed by atoms with Gasteiger partial charge in [0, 0.05) is 12.6 Å². The summed E-state index contributed by atoms with van der Waals surface area (Å²) in [5.74, 6) is 1.08. The highest BCUT2D eigenvalue weighted by Crippen LogP contribution is 2.03. The first-order valence-corrected chi connectivity index (χ1v) is 6.01. The Hall–Kier alpha value is -1.50. The number of aryl methyl sites for hydroxylation is 1. The summed E-state index contributed by atoms with van der Waals surface area (Å²) in [6, 6.07) is 0. The molecule has 2 aromatic rings. The molecule has 0 spiro atoms. The van der Waals surface area contributed by atoms with E-state index in [0.29, 0.717) is 16.2 Å². The lowest BCUT2D eigenvalue weighted by molar-refractivity contribution is 0.364. The van der Waals surface area contributed by atoms with Crippen molar-refractivity contribution in [1.29, 1.82) is 0 Å². The Labute approximate surface area is 106 Å². The molecule has 90 valence electrons. The molecule has 0 bridgehead atoms. The van der Waals surface area contributed by atoms with E-state index in [-0.39, 0.29) is 12.1 Å². The molecule has 0 unspecified atom stereocenters. The lowest BCUT2D eigenvalue weighted by Gasteiger charge is -2.00. The molecule has 2 heterocycles. The first-order valence-electron chi connectivity index (χ1n) is 5.22. The van der Waals surface area contributed by atoms with E-state index in [9.17, 15) is 4.79 Å². The topological polar surface area (TPSA) is 73.8 Å². The predicted molar refractivity (Wildman–Crippen MR) is 63.6 cm³/mol. The molecule has 2 aromatic heterocycles. The van der Waals surface area contributed by atoms with Crippen LogP contribution in [0.2, 0.25) is 0 Å². The smallest absolute Gasteiger partial charge is 0.268 e. The Kier molecular flexibility index (Phi) is 3.68. The zero-order chi connectivity index (χ0) is 12.3. The lowest BCUT2D eigenvalue weighted by atomic mass is 10.3. The van der Waals surface area contributed by atoms with Crippen LogP contribution in [-0.2, 0) is 13.0 Å². The second-order valence-corrected chi connectivity index (χ2v) is 4.38. The first kappa shape index (κ1) is 12.0. The standard InChI is InChI=1S/C10H11BrN4O2/c1-2-3-8-13-9(17-14-8)5-15-6-12-4-7(11)10(15)16/h4,6H,2-3,5H2,1H3.